The first-order valence-corrected chi connectivity index (χ1v) is 7.81. The molecule has 7 nitrogen and oxygen atoms in total. The summed E-state index contributed by atoms with van der Waals surface area (Å²) in [4.78, 5) is -0.0437. The van der Waals surface area contributed by atoms with E-state index in [-0.39, 0.29) is 16.5 Å². The van der Waals surface area contributed by atoms with Gasteiger partial charge in [-0.05, 0) is 39.0 Å². The molecule has 2 rings (SSSR count). The van der Waals surface area contributed by atoms with Crippen molar-refractivity contribution >= 4 is 21.6 Å². The van der Waals surface area contributed by atoms with E-state index in [1.165, 1.54) is 12.1 Å². The number of anilines is 2. The fourth-order valence-corrected chi connectivity index (χ4v) is 2.92. The predicted octanol–water partition coefficient (Wildman–Crippen LogP) is 2.07. The molecule has 1 heterocycles. The molecule has 2 aromatic rings. The Hall–Kier alpha value is -2.22. The number of aromatic nitrogens is 1. The Morgan fingerprint density at radius 2 is 2.10 bits per heavy atom. The number of benzene rings is 1. The van der Waals surface area contributed by atoms with Crippen LogP contribution in [0.25, 0.3) is 0 Å². The standard InChI is InChI=1S/C13H17N3O4S/c1-4-19-11-6-5-10(14)7-12(11)21(17,18)16-13-8(2)9(3)15-20-13/h5-7,16H,4,14H2,1-3H3. The molecule has 1 aromatic carbocycles. The van der Waals surface area contributed by atoms with Crippen LogP contribution < -0.4 is 15.2 Å². The number of rotatable bonds is 5. The van der Waals surface area contributed by atoms with Gasteiger partial charge in [0.25, 0.3) is 10.0 Å². The van der Waals surface area contributed by atoms with Crippen molar-refractivity contribution in [3.8, 4) is 5.75 Å². The third-order valence-electron chi connectivity index (χ3n) is 2.94. The van der Waals surface area contributed by atoms with E-state index < -0.39 is 10.0 Å². The molecule has 0 fully saturated rings. The monoisotopic (exact) mass is 311 g/mol. The fourth-order valence-electron chi connectivity index (χ4n) is 1.70. The van der Waals surface area contributed by atoms with E-state index in [1.54, 1.807) is 26.8 Å². The van der Waals surface area contributed by atoms with Crippen LogP contribution in [-0.4, -0.2) is 20.2 Å². The van der Waals surface area contributed by atoms with Gasteiger partial charge in [0, 0.05) is 11.3 Å². The third-order valence-corrected chi connectivity index (χ3v) is 4.29. The molecule has 3 N–H and O–H groups in total. The van der Waals surface area contributed by atoms with E-state index in [0.717, 1.165) is 0 Å². The maximum atomic E-state index is 12.5. The second kappa shape index (κ2) is 5.65. The maximum Gasteiger partial charge on any atom is 0.268 e. The highest BCUT2D eigenvalue weighted by Crippen LogP contribution is 2.29. The van der Waals surface area contributed by atoms with E-state index >= 15 is 0 Å². The van der Waals surface area contributed by atoms with Crippen molar-refractivity contribution in [2.75, 3.05) is 17.1 Å². The maximum absolute atomic E-state index is 12.5. The van der Waals surface area contributed by atoms with Crippen molar-refractivity contribution < 1.29 is 17.7 Å². The van der Waals surface area contributed by atoms with E-state index in [0.29, 0.717) is 23.6 Å². The summed E-state index contributed by atoms with van der Waals surface area (Å²) in [6.07, 6.45) is 0. The lowest BCUT2D eigenvalue weighted by Gasteiger charge is -2.12. The topological polar surface area (TPSA) is 107 Å². The highest BCUT2D eigenvalue weighted by molar-refractivity contribution is 7.92. The summed E-state index contributed by atoms with van der Waals surface area (Å²) in [7, 11) is -3.89. The summed E-state index contributed by atoms with van der Waals surface area (Å²) < 4.78 is 37.6. The number of hydrogen-bond acceptors (Lipinski definition) is 6. The van der Waals surface area contributed by atoms with Gasteiger partial charge in [0.2, 0.25) is 5.88 Å². The zero-order valence-electron chi connectivity index (χ0n) is 12.0. The lowest BCUT2D eigenvalue weighted by atomic mass is 10.3. The molecule has 0 spiro atoms. The molecule has 21 heavy (non-hydrogen) atoms. The molecular weight excluding hydrogens is 294 g/mol. The number of hydrogen-bond donors (Lipinski definition) is 2. The minimum absolute atomic E-state index is 0.0437. The molecule has 1 aromatic heterocycles. The van der Waals surface area contributed by atoms with Crippen LogP contribution in [0.15, 0.2) is 27.6 Å². The van der Waals surface area contributed by atoms with Gasteiger partial charge in [-0.2, -0.15) is 0 Å². The quantitative estimate of drug-likeness (QED) is 0.818. The normalized spacial score (nSPS) is 11.4. The summed E-state index contributed by atoms with van der Waals surface area (Å²) in [5.41, 5.74) is 7.23. The molecule has 0 aliphatic heterocycles. The van der Waals surface area contributed by atoms with Gasteiger partial charge in [0.1, 0.15) is 10.6 Å². The average molecular weight is 311 g/mol. The number of nitrogens with one attached hydrogen (secondary N) is 1. The van der Waals surface area contributed by atoms with Crippen molar-refractivity contribution in [2.45, 2.75) is 25.7 Å². The van der Waals surface area contributed by atoms with Crippen LogP contribution in [0.2, 0.25) is 0 Å². The Kier molecular flexibility index (Phi) is 4.08. The van der Waals surface area contributed by atoms with Gasteiger partial charge in [-0.15, -0.1) is 0 Å². The van der Waals surface area contributed by atoms with E-state index in [1.807, 2.05) is 0 Å². The lowest BCUT2D eigenvalue weighted by molar-refractivity contribution is 0.331. The molecule has 0 bridgehead atoms. The molecule has 0 unspecified atom stereocenters. The van der Waals surface area contributed by atoms with Crippen LogP contribution in [0.1, 0.15) is 18.2 Å². The van der Waals surface area contributed by atoms with Gasteiger partial charge < -0.3 is 15.0 Å². The first kappa shape index (κ1) is 15.2. The van der Waals surface area contributed by atoms with Gasteiger partial charge in [-0.1, -0.05) is 5.16 Å². The van der Waals surface area contributed by atoms with Crippen LogP contribution >= 0.6 is 0 Å². The second-order valence-electron chi connectivity index (χ2n) is 4.47. The number of nitrogens with two attached hydrogens (primary N) is 1. The zero-order chi connectivity index (χ0) is 15.6. The van der Waals surface area contributed by atoms with Crippen LogP contribution in [0.4, 0.5) is 11.6 Å². The lowest BCUT2D eigenvalue weighted by Crippen LogP contribution is -2.15. The van der Waals surface area contributed by atoms with Gasteiger partial charge >= 0.3 is 0 Å². The summed E-state index contributed by atoms with van der Waals surface area (Å²) in [6.45, 7) is 5.55. The number of sulfonamides is 1. The Labute approximate surface area is 123 Å². The fraction of sp³-hybridized carbons (Fsp3) is 0.308. The van der Waals surface area contributed by atoms with Gasteiger partial charge in [-0.25, -0.2) is 13.1 Å². The molecule has 0 aliphatic rings. The van der Waals surface area contributed by atoms with Crippen LogP contribution in [0, 0.1) is 13.8 Å². The third kappa shape index (κ3) is 3.10. The minimum Gasteiger partial charge on any atom is -0.492 e. The Morgan fingerprint density at radius 1 is 1.38 bits per heavy atom. The Balaban J connectivity index is 2.44. The summed E-state index contributed by atoms with van der Waals surface area (Å²) in [5, 5.41) is 3.71. The van der Waals surface area contributed by atoms with E-state index in [2.05, 4.69) is 9.88 Å². The Morgan fingerprint density at radius 3 is 2.67 bits per heavy atom. The number of ether oxygens (including phenoxy) is 1. The highest BCUT2D eigenvalue weighted by Gasteiger charge is 2.23. The SMILES string of the molecule is CCOc1ccc(N)cc1S(=O)(=O)Nc1onc(C)c1C. The second-order valence-corrected chi connectivity index (χ2v) is 6.12. The van der Waals surface area contributed by atoms with E-state index in [9.17, 15) is 8.42 Å². The van der Waals surface area contributed by atoms with E-state index in [4.69, 9.17) is 15.0 Å². The summed E-state index contributed by atoms with van der Waals surface area (Å²) in [6, 6.07) is 4.44. The Bertz CT molecular complexity index is 753. The summed E-state index contributed by atoms with van der Waals surface area (Å²) in [5.74, 6) is 0.311. The zero-order valence-corrected chi connectivity index (χ0v) is 12.8. The molecule has 0 aliphatic carbocycles. The van der Waals surface area contributed by atoms with Crippen molar-refractivity contribution in [3.05, 3.63) is 29.5 Å². The van der Waals surface area contributed by atoms with Crippen LogP contribution in [0.3, 0.4) is 0 Å². The van der Waals surface area contributed by atoms with Crippen LogP contribution in [0.5, 0.6) is 5.75 Å². The van der Waals surface area contributed by atoms with Crippen molar-refractivity contribution in [3.63, 3.8) is 0 Å². The first-order valence-electron chi connectivity index (χ1n) is 6.33. The highest BCUT2D eigenvalue weighted by atomic mass is 32.2. The molecule has 0 amide bonds. The molecule has 8 heteroatoms. The first-order chi connectivity index (χ1) is 9.85. The number of aryl methyl sites for hydroxylation is 1. The van der Waals surface area contributed by atoms with Gasteiger partial charge in [0.05, 0.1) is 12.3 Å². The average Bonchev–Trinajstić information content (AvgIpc) is 2.72. The molecular formula is C13H17N3O4S. The predicted molar refractivity (Wildman–Crippen MR) is 78.8 cm³/mol. The number of nitrogen functional groups attached to an aromatic ring is 1. The van der Waals surface area contributed by atoms with Gasteiger partial charge in [-0.3, -0.25) is 0 Å². The van der Waals surface area contributed by atoms with Crippen molar-refractivity contribution in [2.24, 2.45) is 0 Å². The molecule has 0 atom stereocenters. The smallest absolute Gasteiger partial charge is 0.268 e. The molecule has 0 saturated heterocycles. The molecule has 0 saturated carbocycles. The summed E-state index contributed by atoms with van der Waals surface area (Å²) >= 11 is 0. The number of nitrogens with zero attached hydrogens (tertiary/aromatic N) is 1. The van der Waals surface area contributed by atoms with Gasteiger partial charge in [0.15, 0.2) is 0 Å². The van der Waals surface area contributed by atoms with Crippen molar-refractivity contribution in [1.29, 1.82) is 0 Å². The van der Waals surface area contributed by atoms with Crippen LogP contribution in [-0.2, 0) is 10.0 Å². The molecule has 0 radical (unpaired) electrons. The largest absolute Gasteiger partial charge is 0.492 e. The van der Waals surface area contributed by atoms with Crippen molar-refractivity contribution in [1.82, 2.24) is 5.16 Å². The minimum atomic E-state index is -3.89. The molecule has 114 valence electrons.